The average molecular weight is 774 g/mol. The summed E-state index contributed by atoms with van der Waals surface area (Å²) in [7, 11) is 1.63. The van der Waals surface area contributed by atoms with E-state index in [1.807, 2.05) is 11.8 Å². The number of hydrogen-bond donors (Lipinski definition) is 4. The topological polar surface area (TPSA) is 208 Å². The number of ether oxygens (including phenoxy) is 7. The molecule has 0 radical (unpaired) electrons. The molecule has 1 aromatic carbocycles. The summed E-state index contributed by atoms with van der Waals surface area (Å²) >= 11 is 6.87. The van der Waals surface area contributed by atoms with Crippen molar-refractivity contribution in [1.29, 1.82) is 5.26 Å². The van der Waals surface area contributed by atoms with Crippen molar-refractivity contribution in [2.24, 2.45) is 0 Å². The maximum Gasteiger partial charge on any atom is 0.407 e. The Morgan fingerprint density at radius 1 is 1.02 bits per heavy atom. The molecule has 0 aliphatic carbocycles. The number of terminal acetylenes is 1. The van der Waals surface area contributed by atoms with Gasteiger partial charge in [-0.25, -0.2) is 9.78 Å². The first-order valence-electron chi connectivity index (χ1n) is 17.6. The highest BCUT2D eigenvalue weighted by atomic mass is 35.5. The number of amides is 1. The van der Waals surface area contributed by atoms with Crippen LogP contribution in [0.5, 0.6) is 0 Å². The monoisotopic (exact) mass is 773 g/mol. The number of methoxy groups -OCH3 is 1. The minimum absolute atomic E-state index is 0.0329. The second-order valence-corrected chi connectivity index (χ2v) is 12.1. The molecule has 4 N–H and O–H groups in total. The van der Waals surface area contributed by atoms with Crippen LogP contribution in [0.1, 0.15) is 24.6 Å². The molecule has 294 valence electrons. The predicted octanol–water partition coefficient (Wildman–Crippen LogP) is 2.20. The molecule has 0 saturated carbocycles. The zero-order valence-corrected chi connectivity index (χ0v) is 31.3. The summed E-state index contributed by atoms with van der Waals surface area (Å²) < 4.78 is 38.7. The molecule has 19 heteroatoms. The minimum Gasteiger partial charge on any atom is -0.447 e. The molecular formula is C35H48ClN9O9. The lowest BCUT2D eigenvalue weighted by molar-refractivity contribution is -0.0169. The lowest BCUT2D eigenvalue weighted by Gasteiger charge is -2.38. The van der Waals surface area contributed by atoms with Gasteiger partial charge in [-0.1, -0.05) is 11.6 Å². The van der Waals surface area contributed by atoms with Gasteiger partial charge in [0.15, 0.2) is 11.5 Å². The standard InChI is InChI=1S/C35H48ClN9O9/c1-4-26-23-39-33-32(38-5-2)42-34(43-45(26)33)40-28-20-25(22-37)21-29(31(28)36)44-7-6-27(30(46)24-44)41-35(47)54-19-18-53-17-16-52-15-14-51-13-12-50-11-10-49-9-8-48-3/h1,20-21,23,27,30,46H,5-19,24H2,2-3H3,(H,41,47)(H2,38,40,42,43)/t27-,30-/m1/s1. The summed E-state index contributed by atoms with van der Waals surface area (Å²) in [6.07, 6.45) is 5.94. The van der Waals surface area contributed by atoms with Crippen molar-refractivity contribution >= 4 is 46.5 Å². The number of alkyl carbamates (subject to hydrolysis) is 1. The Labute approximate surface area is 319 Å². The molecule has 3 heterocycles. The zero-order chi connectivity index (χ0) is 38.5. The number of nitrogens with one attached hydrogen (secondary N) is 3. The summed E-state index contributed by atoms with van der Waals surface area (Å²) in [6.45, 7) is 7.92. The number of benzene rings is 1. The van der Waals surface area contributed by atoms with Crippen molar-refractivity contribution in [2.45, 2.75) is 25.5 Å². The minimum atomic E-state index is -0.947. The van der Waals surface area contributed by atoms with E-state index in [-0.39, 0.29) is 25.7 Å². The van der Waals surface area contributed by atoms with Crippen molar-refractivity contribution in [1.82, 2.24) is 24.9 Å². The Hall–Kier alpha value is -4.50. The van der Waals surface area contributed by atoms with E-state index in [4.69, 9.17) is 51.2 Å². The number of nitriles is 1. The number of aliphatic hydroxyl groups is 1. The zero-order valence-electron chi connectivity index (χ0n) is 30.6. The molecule has 1 fully saturated rings. The molecule has 0 spiro atoms. The van der Waals surface area contributed by atoms with E-state index in [1.54, 1.807) is 19.2 Å². The molecule has 1 amide bonds. The van der Waals surface area contributed by atoms with Gasteiger partial charge in [0.1, 0.15) is 12.3 Å². The van der Waals surface area contributed by atoms with E-state index < -0.39 is 18.2 Å². The van der Waals surface area contributed by atoms with Crippen LogP contribution < -0.4 is 20.9 Å². The number of carbonyl (C=O) groups is 1. The second kappa shape index (κ2) is 23.3. The molecule has 1 aliphatic rings. The highest BCUT2D eigenvalue weighted by Crippen LogP contribution is 2.37. The molecule has 0 unspecified atom stereocenters. The Balaban J connectivity index is 1.14. The summed E-state index contributed by atoms with van der Waals surface area (Å²) in [4.78, 5) is 23.1. The van der Waals surface area contributed by atoms with Gasteiger partial charge >= 0.3 is 6.09 Å². The van der Waals surface area contributed by atoms with Crippen LogP contribution in [0.15, 0.2) is 18.3 Å². The van der Waals surface area contributed by atoms with Gasteiger partial charge in [0.25, 0.3) is 0 Å². The van der Waals surface area contributed by atoms with E-state index >= 15 is 0 Å². The number of anilines is 4. The Morgan fingerprint density at radius 3 is 2.22 bits per heavy atom. The molecule has 54 heavy (non-hydrogen) atoms. The van der Waals surface area contributed by atoms with Crippen LogP contribution in [0, 0.1) is 23.7 Å². The van der Waals surface area contributed by atoms with Gasteiger partial charge in [0, 0.05) is 26.7 Å². The number of fused-ring (bicyclic) bond motifs is 1. The molecule has 1 saturated heterocycles. The van der Waals surface area contributed by atoms with E-state index in [9.17, 15) is 15.2 Å². The van der Waals surface area contributed by atoms with E-state index in [0.717, 1.165) is 0 Å². The van der Waals surface area contributed by atoms with Crippen molar-refractivity contribution in [3.8, 4) is 18.4 Å². The summed E-state index contributed by atoms with van der Waals surface area (Å²) in [5.41, 5.74) is 2.12. The summed E-state index contributed by atoms with van der Waals surface area (Å²) in [5, 5.41) is 34.5. The van der Waals surface area contributed by atoms with Crippen LogP contribution in [0.3, 0.4) is 0 Å². The number of β-amino-alcohol motifs (C(OH)–C–C–N with tert-alkyl or cyclic N) is 1. The van der Waals surface area contributed by atoms with Gasteiger partial charge in [0.2, 0.25) is 5.95 Å². The van der Waals surface area contributed by atoms with Gasteiger partial charge in [0.05, 0.1) is 119 Å². The van der Waals surface area contributed by atoms with E-state index in [0.29, 0.717) is 125 Å². The Morgan fingerprint density at radius 2 is 1.65 bits per heavy atom. The van der Waals surface area contributed by atoms with Crippen LogP contribution in [-0.2, 0) is 33.2 Å². The first kappa shape index (κ1) is 42.2. The fourth-order valence-corrected chi connectivity index (χ4v) is 5.54. The third-order valence-electron chi connectivity index (χ3n) is 7.89. The highest BCUT2D eigenvalue weighted by Gasteiger charge is 2.31. The third-order valence-corrected chi connectivity index (χ3v) is 8.29. The fourth-order valence-electron chi connectivity index (χ4n) is 5.26. The Bertz CT molecular complexity index is 1700. The largest absolute Gasteiger partial charge is 0.447 e. The first-order valence-corrected chi connectivity index (χ1v) is 18.0. The molecule has 3 aromatic rings. The van der Waals surface area contributed by atoms with Gasteiger partial charge in [-0.2, -0.15) is 14.8 Å². The normalized spacial score (nSPS) is 15.5. The van der Waals surface area contributed by atoms with Gasteiger partial charge in [-0.05, 0) is 31.4 Å². The quantitative estimate of drug-likeness (QED) is 0.0760. The molecule has 18 nitrogen and oxygen atoms in total. The van der Waals surface area contributed by atoms with E-state index in [1.165, 1.54) is 10.7 Å². The molecule has 2 aromatic heterocycles. The summed E-state index contributed by atoms with van der Waals surface area (Å²) in [5.74, 6) is 3.18. The maximum atomic E-state index is 12.4. The first-order chi connectivity index (χ1) is 26.4. The number of halogens is 1. The van der Waals surface area contributed by atoms with Gasteiger partial charge < -0.3 is 59.1 Å². The van der Waals surface area contributed by atoms with Crippen molar-refractivity contribution in [2.75, 3.05) is 122 Å². The van der Waals surface area contributed by atoms with Crippen LogP contribution in [0.25, 0.3) is 5.65 Å². The number of carbonyl (C=O) groups excluding carboxylic acids is 1. The SMILES string of the molecule is C#Cc1cnc2c(NCC)nc(Nc3cc(C#N)cc(N4CC[C@@H](NC(=O)OCCOCCOCCOCCOCCOCCOC)[C@H](O)C4)c3Cl)nn12. The molecule has 1 aliphatic heterocycles. The number of nitrogens with zero attached hydrogens (tertiary/aromatic N) is 6. The smallest absolute Gasteiger partial charge is 0.407 e. The second-order valence-electron chi connectivity index (χ2n) is 11.7. The highest BCUT2D eigenvalue weighted by molar-refractivity contribution is 6.36. The maximum absolute atomic E-state index is 12.4. The van der Waals surface area contributed by atoms with Crippen molar-refractivity contribution in [3.05, 3.63) is 34.6 Å². The Kier molecular flexibility index (Phi) is 18.2. The van der Waals surface area contributed by atoms with Crippen LogP contribution in [0.2, 0.25) is 5.02 Å². The molecule has 4 rings (SSSR count). The predicted molar refractivity (Wildman–Crippen MR) is 199 cm³/mol. The van der Waals surface area contributed by atoms with Crippen molar-refractivity contribution in [3.63, 3.8) is 0 Å². The average Bonchev–Trinajstić information content (AvgIpc) is 3.59. The lowest BCUT2D eigenvalue weighted by Crippen LogP contribution is -2.54. The molecular weight excluding hydrogens is 726 g/mol. The van der Waals surface area contributed by atoms with Crippen LogP contribution in [0.4, 0.5) is 27.9 Å². The van der Waals surface area contributed by atoms with Crippen LogP contribution >= 0.6 is 11.6 Å². The number of rotatable bonds is 24. The van der Waals surface area contributed by atoms with Gasteiger partial charge in [-0.15, -0.1) is 11.5 Å². The number of imidazole rings is 1. The summed E-state index contributed by atoms with van der Waals surface area (Å²) in [6, 6.07) is 4.82. The van der Waals surface area contributed by atoms with Gasteiger partial charge in [-0.3, -0.25) is 0 Å². The fraction of sp³-hybridized carbons (Fsp3) is 0.571. The number of piperidine rings is 1. The molecule has 2 atom stereocenters. The lowest BCUT2D eigenvalue weighted by atomic mass is 10.0. The van der Waals surface area contributed by atoms with Crippen LogP contribution in [-0.4, -0.2) is 149 Å². The molecule has 0 bridgehead atoms. The third kappa shape index (κ3) is 13.1. The number of hydrogen-bond acceptors (Lipinski definition) is 16. The van der Waals surface area contributed by atoms with Crippen molar-refractivity contribution < 1.29 is 43.1 Å². The number of aromatic nitrogens is 4. The number of aliphatic hydroxyl groups excluding tert-OH is 1. The van der Waals surface area contributed by atoms with E-state index in [2.05, 4.69) is 43.0 Å².